The third-order valence-corrected chi connectivity index (χ3v) is 5.26. The molecule has 0 fully saturated rings. The number of hydrogen-bond acceptors (Lipinski definition) is 4. The predicted molar refractivity (Wildman–Crippen MR) is 99.1 cm³/mol. The highest BCUT2D eigenvalue weighted by Gasteiger charge is 2.20. The van der Waals surface area contributed by atoms with Crippen molar-refractivity contribution >= 4 is 21.6 Å². The molecule has 0 heterocycles. The molecule has 0 aromatic heterocycles. The molecule has 2 aromatic rings. The largest absolute Gasteiger partial charge is 0.348 e. The smallest absolute Gasteiger partial charge is 0.262 e. The van der Waals surface area contributed by atoms with Crippen molar-refractivity contribution in [2.24, 2.45) is 5.73 Å². The lowest BCUT2D eigenvalue weighted by Crippen LogP contribution is -2.37. The van der Waals surface area contributed by atoms with Gasteiger partial charge in [-0.15, -0.1) is 0 Å². The summed E-state index contributed by atoms with van der Waals surface area (Å²) < 4.78 is 28.0. The van der Waals surface area contributed by atoms with E-state index in [1.54, 1.807) is 44.2 Å². The highest BCUT2D eigenvalue weighted by atomic mass is 32.2. The van der Waals surface area contributed by atoms with Crippen molar-refractivity contribution in [3.63, 3.8) is 0 Å². The number of rotatable bonds is 6. The average Bonchev–Trinajstić information content (AvgIpc) is 2.54. The van der Waals surface area contributed by atoms with Gasteiger partial charge in [-0.2, -0.15) is 0 Å². The summed E-state index contributed by atoms with van der Waals surface area (Å²) in [5, 5.41) is 2.72. The van der Waals surface area contributed by atoms with Crippen LogP contribution in [-0.2, 0) is 10.0 Å². The summed E-state index contributed by atoms with van der Waals surface area (Å²) in [5.41, 5.74) is 7.75. The Hall–Kier alpha value is -2.38. The Labute approximate surface area is 148 Å². The molecule has 2 rings (SSSR count). The van der Waals surface area contributed by atoms with Gasteiger partial charge < -0.3 is 11.1 Å². The van der Waals surface area contributed by atoms with Gasteiger partial charge >= 0.3 is 0 Å². The predicted octanol–water partition coefficient (Wildman–Crippen LogP) is 2.18. The number of carbonyl (C=O) groups is 1. The molecule has 0 aliphatic carbocycles. The molecule has 1 atom stereocenters. The zero-order valence-corrected chi connectivity index (χ0v) is 15.4. The van der Waals surface area contributed by atoms with Crippen molar-refractivity contribution in [2.45, 2.75) is 31.7 Å². The summed E-state index contributed by atoms with van der Waals surface area (Å²) in [7, 11) is -3.81. The van der Waals surface area contributed by atoms with E-state index in [4.69, 9.17) is 5.73 Å². The van der Waals surface area contributed by atoms with Crippen LogP contribution in [0.15, 0.2) is 47.4 Å². The first kappa shape index (κ1) is 19.0. The number of benzene rings is 2. The Bertz CT molecular complexity index is 879. The van der Waals surface area contributed by atoms with Crippen LogP contribution in [0.25, 0.3) is 0 Å². The first-order valence-electron chi connectivity index (χ1n) is 7.94. The monoisotopic (exact) mass is 361 g/mol. The van der Waals surface area contributed by atoms with Crippen LogP contribution in [0.5, 0.6) is 0 Å². The summed E-state index contributed by atoms with van der Waals surface area (Å²) in [6, 6.07) is 11.5. The van der Waals surface area contributed by atoms with E-state index in [9.17, 15) is 13.2 Å². The summed E-state index contributed by atoms with van der Waals surface area (Å²) >= 11 is 0. The minimum absolute atomic E-state index is 0.0713. The van der Waals surface area contributed by atoms with Gasteiger partial charge in [-0.1, -0.05) is 18.2 Å². The summed E-state index contributed by atoms with van der Waals surface area (Å²) in [6.07, 6.45) is 0. The van der Waals surface area contributed by atoms with Gasteiger partial charge in [0.15, 0.2) is 0 Å². The number of aryl methyl sites for hydroxylation is 2. The molecule has 0 aliphatic heterocycles. The fourth-order valence-corrected chi connectivity index (χ4v) is 3.64. The molecule has 2 aromatic carbocycles. The van der Waals surface area contributed by atoms with Crippen LogP contribution in [0.3, 0.4) is 0 Å². The van der Waals surface area contributed by atoms with E-state index in [0.29, 0.717) is 17.8 Å². The Morgan fingerprint density at radius 3 is 2.52 bits per heavy atom. The first-order chi connectivity index (χ1) is 11.7. The molecule has 134 valence electrons. The van der Waals surface area contributed by atoms with Gasteiger partial charge in [-0.25, -0.2) is 8.42 Å². The number of amides is 1. The highest BCUT2D eigenvalue weighted by Crippen LogP contribution is 2.21. The molecule has 0 spiro atoms. The van der Waals surface area contributed by atoms with Gasteiger partial charge in [0.05, 0.1) is 4.90 Å². The average molecular weight is 361 g/mol. The van der Waals surface area contributed by atoms with Crippen LogP contribution < -0.4 is 15.8 Å². The number of sulfonamides is 1. The van der Waals surface area contributed by atoms with Crippen molar-refractivity contribution in [1.29, 1.82) is 0 Å². The van der Waals surface area contributed by atoms with Crippen LogP contribution in [0.2, 0.25) is 0 Å². The lowest BCUT2D eigenvalue weighted by Gasteiger charge is -2.14. The lowest BCUT2D eigenvalue weighted by molar-refractivity contribution is 0.0941. The normalized spacial score (nSPS) is 12.5. The number of nitrogens with one attached hydrogen (secondary N) is 2. The molecule has 0 bridgehead atoms. The fourth-order valence-electron chi connectivity index (χ4n) is 2.32. The first-order valence-corrected chi connectivity index (χ1v) is 9.42. The van der Waals surface area contributed by atoms with Crippen LogP contribution in [0.4, 0.5) is 5.69 Å². The van der Waals surface area contributed by atoms with Gasteiger partial charge in [-0.3, -0.25) is 9.52 Å². The Kier molecular flexibility index (Phi) is 5.81. The second-order valence-electron chi connectivity index (χ2n) is 6.07. The van der Waals surface area contributed by atoms with Crippen LogP contribution in [-0.4, -0.2) is 26.9 Å². The van der Waals surface area contributed by atoms with E-state index in [-0.39, 0.29) is 22.4 Å². The summed E-state index contributed by atoms with van der Waals surface area (Å²) in [4.78, 5) is 12.3. The molecule has 1 amide bonds. The van der Waals surface area contributed by atoms with Crippen LogP contribution in [0.1, 0.15) is 28.4 Å². The molecule has 6 nitrogen and oxygen atoms in total. The zero-order valence-electron chi connectivity index (χ0n) is 14.5. The molecule has 4 N–H and O–H groups in total. The minimum Gasteiger partial charge on any atom is -0.348 e. The van der Waals surface area contributed by atoms with E-state index < -0.39 is 10.0 Å². The molecule has 25 heavy (non-hydrogen) atoms. The lowest BCUT2D eigenvalue weighted by atomic mass is 10.1. The van der Waals surface area contributed by atoms with E-state index in [1.807, 2.05) is 13.0 Å². The topological polar surface area (TPSA) is 101 Å². The molecular formula is C18H23N3O3S. The van der Waals surface area contributed by atoms with Gasteiger partial charge in [0, 0.05) is 23.8 Å². The zero-order chi connectivity index (χ0) is 18.6. The molecule has 0 saturated carbocycles. The number of nitrogens with two attached hydrogens (primary N) is 1. The van der Waals surface area contributed by atoms with Gasteiger partial charge in [0.1, 0.15) is 0 Å². The maximum Gasteiger partial charge on any atom is 0.262 e. The minimum atomic E-state index is -3.81. The third-order valence-electron chi connectivity index (χ3n) is 3.74. The van der Waals surface area contributed by atoms with E-state index in [2.05, 4.69) is 10.0 Å². The van der Waals surface area contributed by atoms with Crippen molar-refractivity contribution in [2.75, 3.05) is 11.3 Å². The van der Waals surface area contributed by atoms with Crippen molar-refractivity contribution < 1.29 is 13.2 Å². The maximum atomic E-state index is 12.7. The summed E-state index contributed by atoms with van der Waals surface area (Å²) in [6.45, 7) is 5.66. The summed E-state index contributed by atoms with van der Waals surface area (Å²) in [5.74, 6) is -0.357. The molecule has 0 radical (unpaired) electrons. The molecule has 0 saturated heterocycles. The van der Waals surface area contributed by atoms with Crippen molar-refractivity contribution in [3.8, 4) is 0 Å². The Balaban J connectivity index is 2.34. The number of hydrogen-bond donors (Lipinski definition) is 3. The maximum absolute atomic E-state index is 12.7. The quantitative estimate of drug-likeness (QED) is 0.734. The van der Waals surface area contributed by atoms with Crippen LogP contribution >= 0.6 is 0 Å². The molecular weight excluding hydrogens is 338 g/mol. The van der Waals surface area contributed by atoms with Crippen molar-refractivity contribution in [1.82, 2.24) is 5.32 Å². The van der Waals surface area contributed by atoms with E-state index in [1.165, 1.54) is 6.07 Å². The highest BCUT2D eigenvalue weighted by molar-refractivity contribution is 7.92. The molecule has 0 unspecified atom stereocenters. The fraction of sp³-hybridized carbons (Fsp3) is 0.278. The Morgan fingerprint density at radius 1 is 1.16 bits per heavy atom. The SMILES string of the molecule is Cc1cccc(NS(=O)(=O)c2cc(C(=O)N[C@@H](C)CN)ccc2C)c1. The standard InChI is InChI=1S/C18H23N3O3S/c1-12-5-4-6-16(9-12)21-25(23,24)17-10-15(8-7-13(17)2)18(22)20-14(3)11-19/h4-10,14,21H,11,19H2,1-3H3,(H,20,22)/t14-/m0/s1. The number of anilines is 1. The van der Waals surface area contributed by atoms with Gasteiger partial charge in [0.25, 0.3) is 15.9 Å². The second kappa shape index (κ2) is 7.67. The third kappa shape index (κ3) is 4.80. The van der Waals surface area contributed by atoms with Gasteiger partial charge in [-0.05, 0) is 56.2 Å². The van der Waals surface area contributed by atoms with E-state index in [0.717, 1.165) is 5.56 Å². The van der Waals surface area contributed by atoms with Crippen LogP contribution in [0, 0.1) is 13.8 Å². The van der Waals surface area contributed by atoms with Crippen molar-refractivity contribution in [3.05, 3.63) is 59.2 Å². The molecule has 7 heteroatoms. The number of carbonyl (C=O) groups excluding carboxylic acids is 1. The van der Waals surface area contributed by atoms with Gasteiger partial charge in [0.2, 0.25) is 0 Å². The van der Waals surface area contributed by atoms with E-state index >= 15 is 0 Å². The Morgan fingerprint density at radius 2 is 1.88 bits per heavy atom. The second-order valence-corrected chi connectivity index (χ2v) is 7.72. The molecule has 0 aliphatic rings.